The average Bonchev–Trinajstić information content (AvgIpc) is 3.15. The quantitative estimate of drug-likeness (QED) is 0.536. The maximum absolute atomic E-state index is 13.2. The first-order chi connectivity index (χ1) is 13.7. The minimum atomic E-state index is -0.491. The number of nitrogens with one attached hydrogen (secondary N) is 1. The SMILES string of the molecule is O=C(NCCCc1nc2ccccc2s1)C1(c2ccc(Br)cc2)CCOCC1. The zero-order valence-electron chi connectivity index (χ0n) is 15.6. The molecular weight excluding hydrogens is 436 g/mol. The second kappa shape index (κ2) is 8.72. The number of ether oxygens (including phenoxy) is 1. The molecule has 3 aromatic rings. The van der Waals surface area contributed by atoms with Gasteiger partial charge in [-0.2, -0.15) is 0 Å². The number of thiazole rings is 1. The first-order valence-corrected chi connectivity index (χ1v) is 11.2. The Hall–Kier alpha value is -1.76. The first-order valence-electron chi connectivity index (χ1n) is 9.64. The number of hydrogen-bond donors (Lipinski definition) is 1. The minimum Gasteiger partial charge on any atom is -0.381 e. The molecule has 0 radical (unpaired) electrons. The van der Waals surface area contributed by atoms with Gasteiger partial charge in [0.1, 0.15) is 0 Å². The van der Waals surface area contributed by atoms with Crippen LogP contribution in [-0.4, -0.2) is 30.6 Å². The highest BCUT2D eigenvalue weighted by Crippen LogP contribution is 2.35. The van der Waals surface area contributed by atoms with E-state index in [0.29, 0.717) is 19.8 Å². The summed E-state index contributed by atoms with van der Waals surface area (Å²) in [6.07, 6.45) is 3.21. The molecule has 1 N–H and O–H groups in total. The standard InChI is InChI=1S/C22H23BrN2O2S/c23-17-9-7-16(8-10-17)22(11-14-27-15-12-22)21(26)24-13-3-6-20-25-18-4-1-2-5-19(18)28-20/h1-2,4-5,7-10H,3,6,11-15H2,(H,24,26). The van der Waals surface area contributed by atoms with Gasteiger partial charge in [0.15, 0.2) is 0 Å². The van der Waals surface area contributed by atoms with Gasteiger partial charge >= 0.3 is 0 Å². The number of nitrogens with zero attached hydrogens (tertiary/aromatic N) is 1. The highest BCUT2D eigenvalue weighted by Gasteiger charge is 2.41. The van der Waals surface area contributed by atoms with E-state index in [1.54, 1.807) is 11.3 Å². The third-order valence-corrected chi connectivity index (χ3v) is 6.99. The van der Waals surface area contributed by atoms with Crippen LogP contribution in [0.4, 0.5) is 0 Å². The summed E-state index contributed by atoms with van der Waals surface area (Å²) < 4.78 is 7.78. The van der Waals surface area contributed by atoms with Crippen LogP contribution in [0.15, 0.2) is 53.0 Å². The van der Waals surface area contributed by atoms with Crippen LogP contribution in [-0.2, 0) is 21.4 Å². The maximum atomic E-state index is 13.2. The summed E-state index contributed by atoms with van der Waals surface area (Å²) >= 11 is 5.22. The van der Waals surface area contributed by atoms with E-state index in [1.165, 1.54) is 4.70 Å². The largest absolute Gasteiger partial charge is 0.381 e. The number of fused-ring (bicyclic) bond motifs is 1. The third-order valence-electron chi connectivity index (χ3n) is 5.37. The normalized spacial score (nSPS) is 16.2. The van der Waals surface area contributed by atoms with Crippen molar-refractivity contribution in [2.24, 2.45) is 0 Å². The van der Waals surface area contributed by atoms with Crippen molar-refractivity contribution in [3.8, 4) is 0 Å². The van der Waals surface area contributed by atoms with E-state index in [2.05, 4.69) is 44.4 Å². The number of rotatable bonds is 6. The molecule has 4 rings (SSSR count). The molecule has 6 heteroatoms. The van der Waals surface area contributed by atoms with E-state index < -0.39 is 5.41 Å². The average molecular weight is 459 g/mol. The van der Waals surface area contributed by atoms with Crippen LogP contribution < -0.4 is 5.32 Å². The molecule has 1 saturated heterocycles. The van der Waals surface area contributed by atoms with Crippen LogP contribution >= 0.6 is 27.3 Å². The smallest absolute Gasteiger partial charge is 0.230 e. The molecule has 1 amide bonds. The van der Waals surface area contributed by atoms with Crippen molar-refractivity contribution in [3.05, 3.63) is 63.6 Å². The van der Waals surface area contributed by atoms with Crippen LogP contribution in [0.3, 0.4) is 0 Å². The Bertz CT molecular complexity index is 916. The number of carbonyl (C=O) groups excluding carboxylic acids is 1. The van der Waals surface area contributed by atoms with Crippen molar-refractivity contribution in [2.75, 3.05) is 19.8 Å². The van der Waals surface area contributed by atoms with Gasteiger partial charge in [-0.3, -0.25) is 4.79 Å². The molecule has 1 aliphatic heterocycles. The monoisotopic (exact) mass is 458 g/mol. The number of aryl methyl sites for hydroxylation is 1. The molecule has 0 saturated carbocycles. The molecule has 2 aromatic carbocycles. The zero-order chi connectivity index (χ0) is 19.4. The van der Waals surface area contributed by atoms with Crippen LogP contribution in [0.2, 0.25) is 0 Å². The molecule has 1 aromatic heterocycles. The molecular formula is C22H23BrN2O2S. The summed E-state index contributed by atoms with van der Waals surface area (Å²) in [7, 11) is 0. The summed E-state index contributed by atoms with van der Waals surface area (Å²) in [5, 5.41) is 4.31. The number of halogens is 1. The fourth-order valence-corrected chi connectivity index (χ4v) is 5.05. The molecule has 4 nitrogen and oxygen atoms in total. The molecule has 0 atom stereocenters. The highest BCUT2D eigenvalue weighted by atomic mass is 79.9. The fraction of sp³-hybridized carbons (Fsp3) is 0.364. The molecule has 146 valence electrons. The molecule has 0 unspecified atom stereocenters. The van der Waals surface area contributed by atoms with Gasteiger partial charge < -0.3 is 10.1 Å². The molecule has 2 heterocycles. The second-order valence-electron chi connectivity index (χ2n) is 7.14. The Morgan fingerprint density at radius 2 is 1.89 bits per heavy atom. The van der Waals surface area contributed by atoms with Crippen LogP contribution in [0, 0.1) is 0 Å². The van der Waals surface area contributed by atoms with Gasteiger partial charge in [-0.1, -0.05) is 40.2 Å². The number of aromatic nitrogens is 1. The maximum Gasteiger partial charge on any atom is 0.230 e. The Morgan fingerprint density at radius 1 is 1.14 bits per heavy atom. The molecule has 28 heavy (non-hydrogen) atoms. The Labute approximate surface area is 177 Å². The number of hydrogen-bond acceptors (Lipinski definition) is 4. The summed E-state index contributed by atoms with van der Waals surface area (Å²) in [4.78, 5) is 17.8. The Morgan fingerprint density at radius 3 is 2.64 bits per heavy atom. The van der Waals surface area contributed by atoms with Crippen molar-refractivity contribution in [1.82, 2.24) is 10.3 Å². The van der Waals surface area contributed by atoms with E-state index in [0.717, 1.165) is 46.2 Å². The molecule has 1 fully saturated rings. The summed E-state index contributed by atoms with van der Waals surface area (Å²) in [6.45, 7) is 1.90. The summed E-state index contributed by atoms with van der Waals surface area (Å²) in [6, 6.07) is 16.3. The Kier molecular flexibility index (Phi) is 6.09. The lowest BCUT2D eigenvalue weighted by atomic mass is 9.73. The third kappa shape index (κ3) is 4.14. The Balaban J connectivity index is 1.38. The van der Waals surface area contributed by atoms with Crippen molar-refractivity contribution >= 4 is 43.4 Å². The second-order valence-corrected chi connectivity index (χ2v) is 9.17. The predicted octanol–water partition coefficient (Wildman–Crippen LogP) is 4.86. The van der Waals surface area contributed by atoms with Gasteiger partial charge in [-0.05, 0) is 49.1 Å². The topological polar surface area (TPSA) is 51.2 Å². The van der Waals surface area contributed by atoms with Gasteiger partial charge in [-0.15, -0.1) is 11.3 Å². The van der Waals surface area contributed by atoms with Gasteiger partial charge in [0.25, 0.3) is 0 Å². The summed E-state index contributed by atoms with van der Waals surface area (Å²) in [5.74, 6) is 0.113. The van der Waals surface area contributed by atoms with Gasteiger partial charge in [-0.25, -0.2) is 4.98 Å². The first kappa shape index (κ1) is 19.6. The molecule has 0 bridgehead atoms. The number of benzene rings is 2. The van der Waals surface area contributed by atoms with Gasteiger partial charge in [0.05, 0.1) is 20.6 Å². The van der Waals surface area contributed by atoms with Crippen LogP contribution in [0.1, 0.15) is 29.8 Å². The van der Waals surface area contributed by atoms with E-state index in [1.807, 2.05) is 30.3 Å². The van der Waals surface area contributed by atoms with Crippen LogP contribution in [0.25, 0.3) is 10.2 Å². The van der Waals surface area contributed by atoms with Gasteiger partial charge in [0.2, 0.25) is 5.91 Å². The molecule has 1 aliphatic rings. The number of carbonyl (C=O) groups is 1. The zero-order valence-corrected chi connectivity index (χ0v) is 18.0. The lowest BCUT2D eigenvalue weighted by Crippen LogP contribution is -2.48. The lowest BCUT2D eigenvalue weighted by Gasteiger charge is -2.36. The van der Waals surface area contributed by atoms with Crippen molar-refractivity contribution in [3.63, 3.8) is 0 Å². The molecule has 0 spiro atoms. The molecule has 0 aliphatic carbocycles. The fourth-order valence-electron chi connectivity index (χ4n) is 3.77. The van der Waals surface area contributed by atoms with Crippen LogP contribution in [0.5, 0.6) is 0 Å². The number of para-hydroxylation sites is 1. The van der Waals surface area contributed by atoms with Gasteiger partial charge in [0, 0.05) is 30.7 Å². The van der Waals surface area contributed by atoms with Crippen molar-refractivity contribution in [1.29, 1.82) is 0 Å². The number of amides is 1. The van der Waals surface area contributed by atoms with E-state index in [-0.39, 0.29) is 5.91 Å². The highest BCUT2D eigenvalue weighted by molar-refractivity contribution is 9.10. The minimum absolute atomic E-state index is 0.113. The lowest BCUT2D eigenvalue weighted by molar-refractivity contribution is -0.130. The van der Waals surface area contributed by atoms with E-state index in [9.17, 15) is 4.79 Å². The summed E-state index contributed by atoms with van der Waals surface area (Å²) in [5.41, 5.74) is 1.64. The predicted molar refractivity (Wildman–Crippen MR) is 117 cm³/mol. The van der Waals surface area contributed by atoms with E-state index >= 15 is 0 Å². The van der Waals surface area contributed by atoms with E-state index in [4.69, 9.17) is 4.74 Å². The van der Waals surface area contributed by atoms with Crippen molar-refractivity contribution in [2.45, 2.75) is 31.1 Å². The van der Waals surface area contributed by atoms with Crippen molar-refractivity contribution < 1.29 is 9.53 Å².